The van der Waals surface area contributed by atoms with Crippen LogP contribution in [0, 0.1) is 0 Å². The molecule has 0 fully saturated rings. The summed E-state index contributed by atoms with van der Waals surface area (Å²) >= 11 is 6.09. The van der Waals surface area contributed by atoms with Crippen LogP contribution in [-0.4, -0.2) is 36.7 Å². The Labute approximate surface area is 144 Å². The van der Waals surface area contributed by atoms with Gasteiger partial charge in [-0.2, -0.15) is 0 Å². The van der Waals surface area contributed by atoms with Gasteiger partial charge in [0.15, 0.2) is 13.2 Å². The van der Waals surface area contributed by atoms with Crippen molar-refractivity contribution in [3.63, 3.8) is 0 Å². The van der Waals surface area contributed by atoms with Crippen LogP contribution in [0.5, 0.6) is 5.75 Å². The van der Waals surface area contributed by atoms with Crippen LogP contribution in [0.1, 0.15) is 19.8 Å². The first-order valence-electron chi connectivity index (χ1n) is 7.59. The van der Waals surface area contributed by atoms with Gasteiger partial charge >= 0.3 is 11.9 Å². The SMILES string of the molecule is CCCCOC(=O)COC(=O)COc1ccc(Cl)c2cccnc12. The highest BCUT2D eigenvalue weighted by molar-refractivity contribution is 6.35. The third kappa shape index (κ3) is 5.09. The summed E-state index contributed by atoms with van der Waals surface area (Å²) in [6, 6.07) is 6.86. The van der Waals surface area contributed by atoms with Crippen molar-refractivity contribution in [2.75, 3.05) is 19.8 Å². The molecule has 1 aromatic heterocycles. The summed E-state index contributed by atoms with van der Waals surface area (Å²) < 4.78 is 15.1. The van der Waals surface area contributed by atoms with Crippen molar-refractivity contribution in [3.05, 3.63) is 35.5 Å². The van der Waals surface area contributed by atoms with E-state index < -0.39 is 18.5 Å². The van der Waals surface area contributed by atoms with Gasteiger partial charge in [-0.1, -0.05) is 24.9 Å². The van der Waals surface area contributed by atoms with Gasteiger partial charge < -0.3 is 14.2 Å². The summed E-state index contributed by atoms with van der Waals surface area (Å²) in [6.45, 7) is 1.55. The number of ether oxygens (including phenoxy) is 3. The molecule has 0 unspecified atom stereocenters. The van der Waals surface area contributed by atoms with Gasteiger partial charge in [0.1, 0.15) is 11.3 Å². The predicted molar refractivity (Wildman–Crippen MR) is 89.1 cm³/mol. The van der Waals surface area contributed by atoms with E-state index in [0.717, 1.165) is 18.2 Å². The van der Waals surface area contributed by atoms with Gasteiger partial charge in [-0.15, -0.1) is 0 Å². The lowest BCUT2D eigenvalue weighted by Crippen LogP contribution is -2.21. The molecule has 0 saturated carbocycles. The minimum absolute atomic E-state index is 0.325. The van der Waals surface area contributed by atoms with Crippen LogP contribution in [-0.2, 0) is 19.1 Å². The van der Waals surface area contributed by atoms with Crippen molar-refractivity contribution in [1.82, 2.24) is 4.98 Å². The van der Waals surface area contributed by atoms with E-state index >= 15 is 0 Å². The lowest BCUT2D eigenvalue weighted by atomic mass is 10.2. The molecule has 0 N–H and O–H groups in total. The molecule has 7 heteroatoms. The number of esters is 2. The Bertz CT molecular complexity index is 719. The molecule has 0 saturated heterocycles. The second-order valence-corrected chi connectivity index (χ2v) is 5.38. The summed E-state index contributed by atoms with van der Waals surface area (Å²) in [5.41, 5.74) is 0.553. The Balaban J connectivity index is 1.84. The van der Waals surface area contributed by atoms with Gasteiger partial charge in [0, 0.05) is 11.6 Å². The first kappa shape index (κ1) is 18.0. The second-order valence-electron chi connectivity index (χ2n) is 4.97. The van der Waals surface area contributed by atoms with E-state index in [4.69, 9.17) is 25.8 Å². The number of nitrogens with zero attached hydrogens (tertiary/aromatic N) is 1. The number of halogens is 1. The van der Waals surface area contributed by atoms with Gasteiger partial charge in [-0.25, -0.2) is 9.59 Å². The summed E-state index contributed by atoms with van der Waals surface area (Å²) in [5.74, 6) is -0.825. The number of rotatable bonds is 8. The molecule has 128 valence electrons. The Morgan fingerprint density at radius 3 is 2.71 bits per heavy atom. The molecule has 0 aliphatic rings. The fraction of sp³-hybridized carbons (Fsp3) is 0.353. The molecule has 0 atom stereocenters. The zero-order chi connectivity index (χ0) is 17.4. The van der Waals surface area contributed by atoms with Crippen molar-refractivity contribution in [3.8, 4) is 5.75 Å². The highest BCUT2D eigenvalue weighted by atomic mass is 35.5. The molecule has 0 radical (unpaired) electrons. The Morgan fingerprint density at radius 1 is 1.12 bits per heavy atom. The quantitative estimate of drug-likeness (QED) is 0.537. The van der Waals surface area contributed by atoms with Crippen LogP contribution >= 0.6 is 11.6 Å². The number of hydrogen-bond acceptors (Lipinski definition) is 6. The van der Waals surface area contributed by atoms with E-state index in [1.165, 1.54) is 0 Å². The number of unbranched alkanes of at least 4 members (excludes halogenated alkanes) is 1. The first-order valence-corrected chi connectivity index (χ1v) is 7.97. The Morgan fingerprint density at radius 2 is 1.92 bits per heavy atom. The zero-order valence-electron chi connectivity index (χ0n) is 13.3. The van der Waals surface area contributed by atoms with Crippen molar-refractivity contribution < 1.29 is 23.8 Å². The topological polar surface area (TPSA) is 74.7 Å². The maximum Gasteiger partial charge on any atom is 0.344 e. The molecule has 6 nitrogen and oxygen atoms in total. The molecule has 2 rings (SSSR count). The van der Waals surface area contributed by atoms with E-state index in [9.17, 15) is 9.59 Å². The van der Waals surface area contributed by atoms with Crippen LogP contribution in [0.2, 0.25) is 5.02 Å². The van der Waals surface area contributed by atoms with E-state index in [1.807, 2.05) is 13.0 Å². The normalized spacial score (nSPS) is 10.4. The van der Waals surface area contributed by atoms with Crippen LogP contribution in [0.3, 0.4) is 0 Å². The number of hydrogen-bond donors (Lipinski definition) is 0. The number of benzene rings is 1. The van der Waals surface area contributed by atoms with Gasteiger partial charge in [0.25, 0.3) is 0 Å². The van der Waals surface area contributed by atoms with Crippen LogP contribution in [0.15, 0.2) is 30.5 Å². The highest BCUT2D eigenvalue weighted by Crippen LogP contribution is 2.29. The molecule has 1 heterocycles. The van der Waals surface area contributed by atoms with E-state index in [-0.39, 0.29) is 6.61 Å². The lowest BCUT2D eigenvalue weighted by molar-refractivity contribution is -0.159. The number of pyridine rings is 1. The molecule has 0 bridgehead atoms. The van der Waals surface area contributed by atoms with Crippen molar-refractivity contribution in [2.24, 2.45) is 0 Å². The molecular weight excluding hydrogens is 334 g/mol. The first-order chi connectivity index (χ1) is 11.6. The van der Waals surface area contributed by atoms with Gasteiger partial charge in [-0.3, -0.25) is 4.98 Å². The highest BCUT2D eigenvalue weighted by Gasteiger charge is 2.12. The average molecular weight is 352 g/mol. The van der Waals surface area contributed by atoms with Crippen LogP contribution in [0.25, 0.3) is 10.9 Å². The Hall–Kier alpha value is -2.34. The summed E-state index contributed by atoms with van der Waals surface area (Å²) in [7, 11) is 0. The molecule has 0 amide bonds. The monoisotopic (exact) mass is 351 g/mol. The Kier molecular flexibility index (Phi) is 6.81. The third-order valence-electron chi connectivity index (χ3n) is 3.14. The fourth-order valence-electron chi connectivity index (χ4n) is 1.92. The summed E-state index contributed by atoms with van der Waals surface area (Å²) in [5, 5.41) is 1.27. The summed E-state index contributed by atoms with van der Waals surface area (Å²) in [6.07, 6.45) is 3.31. The van der Waals surface area contributed by atoms with Crippen molar-refractivity contribution in [1.29, 1.82) is 0 Å². The van der Waals surface area contributed by atoms with Gasteiger partial charge in [-0.05, 0) is 30.7 Å². The predicted octanol–water partition coefficient (Wildman–Crippen LogP) is 3.15. The molecule has 1 aromatic carbocycles. The smallest absolute Gasteiger partial charge is 0.344 e. The largest absolute Gasteiger partial charge is 0.480 e. The van der Waals surface area contributed by atoms with Gasteiger partial charge in [0.2, 0.25) is 0 Å². The average Bonchev–Trinajstić information content (AvgIpc) is 2.60. The number of carbonyl (C=O) groups excluding carboxylic acids is 2. The summed E-state index contributed by atoms with van der Waals surface area (Å²) in [4.78, 5) is 27.2. The number of fused-ring (bicyclic) bond motifs is 1. The zero-order valence-corrected chi connectivity index (χ0v) is 14.0. The second kappa shape index (κ2) is 9.08. The molecule has 0 spiro atoms. The molecule has 24 heavy (non-hydrogen) atoms. The van der Waals surface area contributed by atoms with E-state index in [0.29, 0.717) is 22.9 Å². The number of carbonyl (C=O) groups is 2. The van der Waals surface area contributed by atoms with Crippen LogP contribution < -0.4 is 4.74 Å². The van der Waals surface area contributed by atoms with Crippen LogP contribution in [0.4, 0.5) is 0 Å². The maximum absolute atomic E-state index is 11.7. The molecule has 0 aliphatic heterocycles. The lowest BCUT2D eigenvalue weighted by Gasteiger charge is -2.09. The fourth-order valence-corrected chi connectivity index (χ4v) is 2.13. The molecule has 0 aliphatic carbocycles. The maximum atomic E-state index is 11.7. The minimum atomic E-state index is -0.665. The third-order valence-corrected chi connectivity index (χ3v) is 3.47. The van der Waals surface area contributed by atoms with E-state index in [2.05, 4.69) is 4.98 Å². The molecular formula is C17H18ClNO5. The van der Waals surface area contributed by atoms with Crippen molar-refractivity contribution in [2.45, 2.75) is 19.8 Å². The van der Waals surface area contributed by atoms with Gasteiger partial charge in [0.05, 0.1) is 11.6 Å². The van der Waals surface area contributed by atoms with Crippen molar-refractivity contribution >= 4 is 34.4 Å². The number of aromatic nitrogens is 1. The minimum Gasteiger partial charge on any atom is -0.480 e. The standard InChI is InChI=1S/C17H18ClNO5/c1-2-3-9-22-15(20)11-24-16(21)10-23-14-7-6-13(18)12-5-4-8-19-17(12)14/h4-8H,2-3,9-11H2,1H3. The molecule has 2 aromatic rings. The van der Waals surface area contributed by atoms with E-state index in [1.54, 1.807) is 24.4 Å².